The molecule has 1 saturated heterocycles. The molecule has 3 aromatic rings. The van der Waals surface area contributed by atoms with Gasteiger partial charge in [0.2, 0.25) is 0 Å². The summed E-state index contributed by atoms with van der Waals surface area (Å²) >= 11 is 19.5. The molecule has 4 rings (SSSR count). The molecule has 2 aromatic carbocycles. The molecule has 1 aromatic heterocycles. The van der Waals surface area contributed by atoms with Crippen molar-refractivity contribution in [1.29, 1.82) is 0 Å². The van der Waals surface area contributed by atoms with E-state index in [1.807, 2.05) is 0 Å². The van der Waals surface area contributed by atoms with Crippen LogP contribution in [0.1, 0.15) is 16.9 Å². The highest BCUT2D eigenvalue weighted by molar-refractivity contribution is 8.18. The highest BCUT2D eigenvalue weighted by Crippen LogP contribution is 2.36. The molecule has 0 saturated carbocycles. The number of carbonyl (C=O) groups excluding carboxylic acids is 1. The molecule has 0 atom stereocenters. The first kappa shape index (κ1) is 22.5. The van der Waals surface area contributed by atoms with E-state index in [2.05, 4.69) is 10.2 Å². The van der Waals surface area contributed by atoms with Crippen LogP contribution in [-0.2, 0) is 11.3 Å². The van der Waals surface area contributed by atoms with Gasteiger partial charge in [-0.15, -0.1) is 5.10 Å². The first-order valence-corrected chi connectivity index (χ1v) is 11.1. The second-order valence-electron chi connectivity index (χ2n) is 6.55. The quantitative estimate of drug-likeness (QED) is 0.245. The van der Waals surface area contributed by atoms with Crippen molar-refractivity contribution in [2.45, 2.75) is 6.54 Å². The SMILES string of the molecule is O=C1/C(=C/c2cccc(Cl)c2Cl)S/C(=N/N=C\c2cc(Cl)ccc2O)N1Cc1ccco1. The van der Waals surface area contributed by atoms with Crippen LogP contribution in [0.25, 0.3) is 6.08 Å². The van der Waals surface area contributed by atoms with Gasteiger partial charge in [0.15, 0.2) is 5.17 Å². The van der Waals surface area contributed by atoms with Gasteiger partial charge in [0.25, 0.3) is 5.91 Å². The van der Waals surface area contributed by atoms with Gasteiger partial charge < -0.3 is 9.52 Å². The predicted molar refractivity (Wildman–Crippen MR) is 129 cm³/mol. The lowest BCUT2D eigenvalue weighted by atomic mass is 10.2. The summed E-state index contributed by atoms with van der Waals surface area (Å²) in [7, 11) is 0. The Labute approximate surface area is 202 Å². The Hall–Kier alpha value is -2.71. The summed E-state index contributed by atoms with van der Waals surface area (Å²) < 4.78 is 5.38. The lowest BCUT2D eigenvalue weighted by Crippen LogP contribution is -2.28. The van der Waals surface area contributed by atoms with E-state index in [0.29, 0.717) is 42.0 Å². The zero-order valence-electron chi connectivity index (χ0n) is 16.2. The third-order valence-electron chi connectivity index (χ3n) is 4.38. The molecule has 1 aliphatic rings. The zero-order chi connectivity index (χ0) is 22.7. The Bertz CT molecular complexity index is 1260. The number of benzene rings is 2. The number of hydrogen-bond donors (Lipinski definition) is 1. The maximum Gasteiger partial charge on any atom is 0.267 e. The molecule has 0 aliphatic carbocycles. The Kier molecular flexibility index (Phi) is 6.91. The molecule has 0 radical (unpaired) electrons. The Morgan fingerprint density at radius 3 is 2.72 bits per heavy atom. The lowest BCUT2D eigenvalue weighted by Gasteiger charge is -2.12. The Morgan fingerprint density at radius 2 is 1.94 bits per heavy atom. The molecule has 0 bridgehead atoms. The van der Waals surface area contributed by atoms with Crippen LogP contribution < -0.4 is 0 Å². The number of phenolic OH excluding ortho intramolecular Hbond substituents is 1. The number of halogens is 3. The Morgan fingerprint density at radius 1 is 1.09 bits per heavy atom. The summed E-state index contributed by atoms with van der Waals surface area (Å²) in [6.07, 6.45) is 4.55. The first-order valence-electron chi connectivity index (χ1n) is 9.19. The van der Waals surface area contributed by atoms with Crippen molar-refractivity contribution in [2.24, 2.45) is 10.2 Å². The molecule has 32 heavy (non-hydrogen) atoms. The number of amides is 1. The smallest absolute Gasteiger partial charge is 0.267 e. The van der Waals surface area contributed by atoms with Gasteiger partial charge in [-0.25, -0.2) is 0 Å². The monoisotopic (exact) mass is 505 g/mol. The van der Waals surface area contributed by atoms with E-state index in [9.17, 15) is 9.90 Å². The molecule has 0 unspecified atom stereocenters. The van der Waals surface area contributed by atoms with Gasteiger partial charge in [-0.3, -0.25) is 9.69 Å². The normalized spacial score (nSPS) is 16.7. The van der Waals surface area contributed by atoms with Crippen LogP contribution in [0.4, 0.5) is 0 Å². The van der Waals surface area contributed by atoms with Crippen LogP contribution >= 0.6 is 46.6 Å². The van der Waals surface area contributed by atoms with Gasteiger partial charge in [-0.1, -0.05) is 46.9 Å². The second kappa shape index (κ2) is 9.83. The molecule has 1 aliphatic heterocycles. The third kappa shape index (κ3) is 5.02. The molecule has 10 heteroatoms. The van der Waals surface area contributed by atoms with Crippen LogP contribution in [-0.4, -0.2) is 27.3 Å². The van der Waals surface area contributed by atoms with E-state index in [-0.39, 0.29) is 18.2 Å². The number of rotatable bonds is 5. The molecule has 2 heterocycles. The minimum Gasteiger partial charge on any atom is -0.507 e. The average molecular weight is 507 g/mol. The summed E-state index contributed by atoms with van der Waals surface area (Å²) in [4.78, 5) is 15.0. The van der Waals surface area contributed by atoms with E-state index in [1.165, 1.54) is 23.4 Å². The summed E-state index contributed by atoms with van der Waals surface area (Å²) in [5, 5.41) is 19.7. The second-order valence-corrected chi connectivity index (χ2v) is 8.79. The number of thioether (sulfide) groups is 1. The van der Waals surface area contributed by atoms with Crippen LogP contribution in [0.2, 0.25) is 15.1 Å². The Balaban J connectivity index is 1.67. The van der Waals surface area contributed by atoms with Gasteiger partial charge in [0.05, 0.1) is 34.0 Å². The van der Waals surface area contributed by atoms with Crippen molar-refractivity contribution in [3.63, 3.8) is 0 Å². The third-order valence-corrected chi connectivity index (χ3v) is 6.45. The van der Waals surface area contributed by atoms with E-state index >= 15 is 0 Å². The summed E-state index contributed by atoms with van der Waals surface area (Å²) in [5.41, 5.74) is 1.01. The standard InChI is InChI=1S/C22H14Cl3N3O3S/c23-15-6-7-18(29)14(9-15)11-26-27-22-28(12-16-4-2-8-31-16)21(30)19(32-22)10-13-3-1-5-17(24)20(13)25/h1-11,29H,12H2/b19-10-,26-11-,27-22+. The number of hydrogen-bond acceptors (Lipinski definition) is 6. The molecular formula is C22H14Cl3N3O3S. The zero-order valence-corrected chi connectivity index (χ0v) is 19.3. The number of carbonyl (C=O) groups is 1. The molecule has 0 spiro atoms. The maximum atomic E-state index is 13.1. The van der Waals surface area contributed by atoms with E-state index < -0.39 is 0 Å². The minimum absolute atomic E-state index is 0.0112. The van der Waals surface area contributed by atoms with E-state index in [1.54, 1.807) is 48.5 Å². The van der Waals surface area contributed by atoms with Crippen molar-refractivity contribution in [1.82, 2.24) is 4.90 Å². The van der Waals surface area contributed by atoms with Crippen molar-refractivity contribution in [2.75, 3.05) is 0 Å². The molecule has 162 valence electrons. The van der Waals surface area contributed by atoms with Gasteiger partial charge in [-0.2, -0.15) is 5.10 Å². The van der Waals surface area contributed by atoms with Crippen LogP contribution in [0.3, 0.4) is 0 Å². The van der Waals surface area contributed by atoms with Crippen LogP contribution in [0.15, 0.2) is 74.3 Å². The topological polar surface area (TPSA) is 78.4 Å². The maximum absolute atomic E-state index is 13.1. The van der Waals surface area contributed by atoms with Crippen molar-refractivity contribution >= 4 is 69.9 Å². The summed E-state index contributed by atoms with van der Waals surface area (Å²) in [6, 6.07) is 13.3. The fourth-order valence-corrected chi connectivity index (χ4v) is 4.29. The van der Waals surface area contributed by atoms with Gasteiger partial charge >= 0.3 is 0 Å². The highest BCUT2D eigenvalue weighted by atomic mass is 35.5. The fourth-order valence-electron chi connectivity index (χ4n) is 2.82. The molecule has 6 nitrogen and oxygen atoms in total. The molecule has 1 N–H and O–H groups in total. The van der Waals surface area contributed by atoms with Crippen molar-refractivity contribution in [3.05, 3.63) is 91.7 Å². The number of amidine groups is 1. The molecule has 1 fully saturated rings. The van der Waals surface area contributed by atoms with Gasteiger partial charge in [0, 0.05) is 10.6 Å². The van der Waals surface area contributed by atoms with E-state index in [0.717, 1.165) is 11.8 Å². The summed E-state index contributed by atoms with van der Waals surface area (Å²) in [5.74, 6) is 0.323. The summed E-state index contributed by atoms with van der Waals surface area (Å²) in [6.45, 7) is 0.177. The average Bonchev–Trinajstić information content (AvgIpc) is 3.38. The number of aromatic hydroxyl groups is 1. The van der Waals surface area contributed by atoms with Crippen LogP contribution in [0.5, 0.6) is 5.75 Å². The number of nitrogens with zero attached hydrogens (tertiary/aromatic N) is 3. The largest absolute Gasteiger partial charge is 0.507 e. The highest BCUT2D eigenvalue weighted by Gasteiger charge is 2.34. The molecular weight excluding hydrogens is 493 g/mol. The van der Waals surface area contributed by atoms with Crippen molar-refractivity contribution in [3.8, 4) is 5.75 Å². The number of furan rings is 1. The van der Waals surface area contributed by atoms with Gasteiger partial charge in [-0.05, 0) is 59.8 Å². The van der Waals surface area contributed by atoms with Crippen molar-refractivity contribution < 1.29 is 14.3 Å². The number of phenols is 1. The van der Waals surface area contributed by atoms with E-state index in [4.69, 9.17) is 39.2 Å². The minimum atomic E-state index is -0.276. The van der Waals surface area contributed by atoms with Crippen LogP contribution in [0, 0.1) is 0 Å². The molecule has 1 amide bonds. The fraction of sp³-hybridized carbons (Fsp3) is 0.0455. The van der Waals surface area contributed by atoms with Gasteiger partial charge in [0.1, 0.15) is 11.5 Å². The first-order chi connectivity index (χ1) is 15.4. The predicted octanol–water partition coefficient (Wildman–Crippen LogP) is 6.45. The lowest BCUT2D eigenvalue weighted by molar-refractivity contribution is -0.122.